The Morgan fingerprint density at radius 3 is 2.67 bits per heavy atom. The monoisotopic (exact) mass is 460 g/mol. The Morgan fingerprint density at radius 2 is 2.06 bits per heavy atom. The van der Waals surface area contributed by atoms with Gasteiger partial charge < -0.3 is 15.5 Å². The first-order chi connectivity index (χ1) is 15.7. The lowest BCUT2D eigenvalue weighted by atomic mass is 9.83. The molecule has 2 fully saturated rings. The number of amides is 1. The Labute approximate surface area is 191 Å². The summed E-state index contributed by atoms with van der Waals surface area (Å²) in [6.45, 7) is 2.12. The first-order valence-electron chi connectivity index (χ1n) is 11.4. The van der Waals surface area contributed by atoms with Crippen LogP contribution in [0.25, 0.3) is 0 Å². The number of carbonyl (C=O) groups excluding carboxylic acids is 1. The predicted octanol–water partition coefficient (Wildman–Crippen LogP) is 3.16. The second-order valence-electron chi connectivity index (χ2n) is 9.27. The number of aromatic amines is 1. The molecule has 3 heterocycles. The zero-order valence-electron chi connectivity index (χ0n) is 18.7. The highest BCUT2D eigenvalue weighted by Gasteiger charge is 2.51. The van der Waals surface area contributed by atoms with Crippen LogP contribution in [-0.2, 0) is 10.3 Å². The van der Waals surface area contributed by atoms with Crippen molar-refractivity contribution in [1.82, 2.24) is 14.9 Å². The summed E-state index contributed by atoms with van der Waals surface area (Å²) in [6.07, 6.45) is 7.23. The minimum Gasteiger partial charge on any atom is -0.492 e. The van der Waals surface area contributed by atoms with Crippen LogP contribution in [0.5, 0.6) is 5.75 Å². The number of nitrogens with two attached hydrogens (primary N) is 1. The number of alkyl halides is 2. The first kappa shape index (κ1) is 23.4. The number of pyridine rings is 2. The summed E-state index contributed by atoms with van der Waals surface area (Å²) in [5, 5.41) is 0. The second-order valence-corrected chi connectivity index (χ2v) is 9.27. The third-order valence-electron chi connectivity index (χ3n) is 7.15. The highest BCUT2D eigenvalue weighted by Crippen LogP contribution is 2.43. The van der Waals surface area contributed by atoms with Crippen molar-refractivity contribution in [1.29, 1.82) is 0 Å². The summed E-state index contributed by atoms with van der Waals surface area (Å²) in [5.74, 6) is -3.69. The van der Waals surface area contributed by atoms with Crippen molar-refractivity contribution >= 4 is 5.91 Å². The standard InChI is InChI=1S/C24H30F2N4O3/c1-23(22(27)32,20-8-7-18(13-28-20)33-15-16-4-2-3-5-16)30-11-10-24(25,26)19(14-30)17-6-9-21(31)29-12-17/h6-9,12-13,16,19H,2-5,10-11,14-15H2,1H3,(H2,27,32)(H,29,31)/t19-,23?/m1/s1. The third kappa shape index (κ3) is 4.78. The molecule has 3 N–H and O–H groups in total. The molecule has 178 valence electrons. The molecule has 0 spiro atoms. The van der Waals surface area contributed by atoms with Gasteiger partial charge in [-0.2, -0.15) is 0 Å². The number of hydrogen-bond acceptors (Lipinski definition) is 5. The number of nitrogens with zero attached hydrogens (tertiary/aromatic N) is 2. The van der Waals surface area contributed by atoms with Crippen molar-refractivity contribution in [2.45, 2.75) is 56.4 Å². The Bertz CT molecular complexity index is 1020. The van der Waals surface area contributed by atoms with Gasteiger partial charge in [0.25, 0.3) is 5.92 Å². The molecule has 7 nitrogen and oxygen atoms in total. The number of carbonyl (C=O) groups is 1. The molecule has 1 aliphatic heterocycles. The first-order valence-corrected chi connectivity index (χ1v) is 11.4. The number of halogens is 2. The number of piperidine rings is 1. The molecule has 1 saturated carbocycles. The van der Waals surface area contributed by atoms with Gasteiger partial charge in [-0.05, 0) is 43.4 Å². The lowest BCUT2D eigenvalue weighted by Crippen LogP contribution is -2.59. The summed E-state index contributed by atoms with van der Waals surface area (Å²) in [6, 6.07) is 6.05. The molecule has 4 rings (SSSR count). The number of nitrogens with one attached hydrogen (secondary N) is 1. The van der Waals surface area contributed by atoms with Crippen molar-refractivity contribution in [3.8, 4) is 5.75 Å². The quantitative estimate of drug-likeness (QED) is 0.661. The van der Waals surface area contributed by atoms with E-state index in [0.29, 0.717) is 29.5 Å². The molecule has 33 heavy (non-hydrogen) atoms. The fourth-order valence-corrected chi connectivity index (χ4v) is 4.89. The molecule has 1 aliphatic carbocycles. The van der Waals surface area contributed by atoms with E-state index in [4.69, 9.17) is 10.5 Å². The fourth-order valence-electron chi connectivity index (χ4n) is 4.89. The van der Waals surface area contributed by atoms with Gasteiger partial charge >= 0.3 is 0 Å². The lowest BCUT2D eigenvalue weighted by Gasteiger charge is -2.46. The van der Waals surface area contributed by atoms with Gasteiger partial charge in [0, 0.05) is 31.8 Å². The molecule has 0 bridgehead atoms. The second kappa shape index (κ2) is 9.21. The van der Waals surface area contributed by atoms with E-state index < -0.39 is 29.7 Å². The Hall–Kier alpha value is -2.81. The number of hydrogen-bond donors (Lipinski definition) is 2. The molecule has 2 aromatic rings. The molecule has 2 atom stereocenters. The average Bonchev–Trinajstić information content (AvgIpc) is 3.32. The lowest BCUT2D eigenvalue weighted by molar-refractivity contribution is -0.139. The van der Waals surface area contributed by atoms with Crippen molar-refractivity contribution in [3.05, 3.63) is 58.3 Å². The van der Waals surface area contributed by atoms with Crippen LogP contribution in [0.4, 0.5) is 8.78 Å². The van der Waals surface area contributed by atoms with E-state index in [2.05, 4.69) is 9.97 Å². The van der Waals surface area contributed by atoms with E-state index in [0.717, 1.165) is 0 Å². The molecule has 0 radical (unpaired) electrons. The molecular formula is C24H30F2N4O3. The predicted molar refractivity (Wildman–Crippen MR) is 119 cm³/mol. The van der Waals surface area contributed by atoms with Gasteiger partial charge in [0.2, 0.25) is 11.5 Å². The minimum atomic E-state index is -2.99. The van der Waals surface area contributed by atoms with Crippen LogP contribution in [0.15, 0.2) is 41.5 Å². The van der Waals surface area contributed by atoms with Gasteiger partial charge in [-0.25, -0.2) is 8.78 Å². The molecule has 1 amide bonds. The molecular weight excluding hydrogens is 430 g/mol. The van der Waals surface area contributed by atoms with E-state index >= 15 is 0 Å². The number of likely N-dealkylation sites (tertiary alicyclic amines) is 1. The van der Waals surface area contributed by atoms with Crippen LogP contribution < -0.4 is 16.0 Å². The van der Waals surface area contributed by atoms with Gasteiger partial charge in [0.1, 0.15) is 11.3 Å². The Morgan fingerprint density at radius 1 is 1.30 bits per heavy atom. The van der Waals surface area contributed by atoms with E-state index in [1.807, 2.05) is 0 Å². The topological polar surface area (TPSA) is 101 Å². The van der Waals surface area contributed by atoms with E-state index in [9.17, 15) is 18.4 Å². The van der Waals surface area contributed by atoms with Crippen LogP contribution in [0.3, 0.4) is 0 Å². The van der Waals surface area contributed by atoms with Crippen molar-refractivity contribution in [3.63, 3.8) is 0 Å². The maximum Gasteiger partial charge on any atom is 0.257 e. The van der Waals surface area contributed by atoms with Gasteiger partial charge in [-0.3, -0.25) is 19.5 Å². The molecule has 2 aromatic heterocycles. The number of ether oxygens (including phenoxy) is 1. The highest BCUT2D eigenvalue weighted by molar-refractivity contribution is 5.85. The summed E-state index contributed by atoms with van der Waals surface area (Å²) in [5.41, 5.74) is 4.75. The fraction of sp³-hybridized carbons (Fsp3) is 0.542. The van der Waals surface area contributed by atoms with Crippen LogP contribution in [0.2, 0.25) is 0 Å². The number of primary amides is 1. The summed E-state index contributed by atoms with van der Waals surface area (Å²) < 4.78 is 35.5. The van der Waals surface area contributed by atoms with Crippen molar-refractivity contribution < 1.29 is 18.3 Å². The van der Waals surface area contributed by atoms with Gasteiger partial charge in [0.15, 0.2) is 0 Å². The van der Waals surface area contributed by atoms with E-state index in [-0.39, 0.29) is 18.6 Å². The average molecular weight is 461 g/mol. The van der Waals surface area contributed by atoms with Gasteiger partial charge in [-0.1, -0.05) is 18.9 Å². The smallest absolute Gasteiger partial charge is 0.257 e. The molecule has 1 unspecified atom stereocenters. The van der Waals surface area contributed by atoms with Crippen molar-refractivity contribution in [2.24, 2.45) is 11.7 Å². The van der Waals surface area contributed by atoms with E-state index in [1.54, 1.807) is 30.2 Å². The van der Waals surface area contributed by atoms with Gasteiger partial charge in [0.05, 0.1) is 24.4 Å². The number of aromatic nitrogens is 2. The molecule has 0 aromatic carbocycles. The maximum atomic E-state index is 14.8. The normalized spacial score (nSPS) is 23.2. The van der Waals surface area contributed by atoms with Crippen LogP contribution >= 0.6 is 0 Å². The zero-order valence-corrected chi connectivity index (χ0v) is 18.7. The van der Waals surface area contributed by atoms with Crippen molar-refractivity contribution in [2.75, 3.05) is 19.7 Å². The van der Waals surface area contributed by atoms with Gasteiger partial charge in [-0.15, -0.1) is 0 Å². The molecule has 1 saturated heterocycles. The Kier molecular flexibility index (Phi) is 6.52. The number of H-pyrrole nitrogens is 1. The Balaban J connectivity index is 1.55. The largest absolute Gasteiger partial charge is 0.492 e. The zero-order chi connectivity index (χ0) is 23.6. The number of rotatable bonds is 7. The maximum absolute atomic E-state index is 14.8. The van der Waals surface area contributed by atoms with Crippen LogP contribution in [0, 0.1) is 5.92 Å². The highest BCUT2D eigenvalue weighted by atomic mass is 19.3. The van der Waals surface area contributed by atoms with Crippen LogP contribution in [-0.4, -0.2) is 46.4 Å². The molecule has 9 heteroatoms. The summed E-state index contributed by atoms with van der Waals surface area (Å²) in [4.78, 5) is 32.6. The molecule has 2 aliphatic rings. The SMILES string of the molecule is CC(C(N)=O)(c1ccc(OCC2CCCC2)cn1)N1CCC(F)(F)[C@@H](c2ccc(=O)[nH]c2)C1. The summed E-state index contributed by atoms with van der Waals surface area (Å²) >= 11 is 0. The van der Waals surface area contributed by atoms with E-state index in [1.165, 1.54) is 44.0 Å². The minimum absolute atomic E-state index is 0.0199. The third-order valence-corrected chi connectivity index (χ3v) is 7.15. The summed E-state index contributed by atoms with van der Waals surface area (Å²) in [7, 11) is 0. The van der Waals surface area contributed by atoms with Crippen LogP contribution in [0.1, 0.15) is 56.2 Å².